The van der Waals surface area contributed by atoms with Gasteiger partial charge in [0.15, 0.2) is 0 Å². The summed E-state index contributed by atoms with van der Waals surface area (Å²) in [5.41, 5.74) is 0.290. The molecule has 0 aliphatic heterocycles. The molecule has 0 bridgehead atoms. The van der Waals surface area contributed by atoms with Gasteiger partial charge in [-0.05, 0) is 57.8 Å². The summed E-state index contributed by atoms with van der Waals surface area (Å²) in [6.07, 6.45) is 4.18. The third kappa shape index (κ3) is 5.63. The standard InChI is InChI=1S/C18H30N4O4S/c1-14-5-7-15(8-6-14)21(4)17-10-9-16(13-18(17)22(23)24)27(25,26)19-11-12-20(2)3/h9-10,13-15,19H,5-8,11-12H2,1-4H3. The first-order valence-corrected chi connectivity index (χ1v) is 10.8. The number of hydrogen-bond acceptors (Lipinski definition) is 6. The van der Waals surface area contributed by atoms with Crippen LogP contribution in [-0.4, -0.2) is 58.5 Å². The molecule has 1 saturated carbocycles. The maximum Gasteiger partial charge on any atom is 0.293 e. The lowest BCUT2D eigenvalue weighted by Gasteiger charge is -2.34. The Morgan fingerprint density at radius 3 is 2.37 bits per heavy atom. The number of nitro benzene ring substituents is 1. The summed E-state index contributed by atoms with van der Waals surface area (Å²) in [6.45, 7) is 3.01. The summed E-state index contributed by atoms with van der Waals surface area (Å²) in [4.78, 5) is 14.8. The maximum absolute atomic E-state index is 12.4. The van der Waals surface area contributed by atoms with Gasteiger partial charge in [0.1, 0.15) is 5.69 Å². The molecule has 1 N–H and O–H groups in total. The van der Waals surface area contributed by atoms with Crippen LogP contribution in [0.5, 0.6) is 0 Å². The fraction of sp³-hybridized carbons (Fsp3) is 0.667. The van der Waals surface area contributed by atoms with E-state index in [-0.39, 0.29) is 23.2 Å². The molecule has 1 aliphatic rings. The highest BCUT2D eigenvalue weighted by Gasteiger charge is 2.28. The molecule has 1 aliphatic carbocycles. The summed E-state index contributed by atoms with van der Waals surface area (Å²) in [6, 6.07) is 4.40. The molecule has 27 heavy (non-hydrogen) atoms. The maximum atomic E-state index is 12.4. The molecule has 1 aromatic carbocycles. The highest BCUT2D eigenvalue weighted by Crippen LogP contribution is 2.35. The molecule has 0 saturated heterocycles. The fourth-order valence-corrected chi connectivity index (χ4v) is 4.47. The summed E-state index contributed by atoms with van der Waals surface area (Å²) >= 11 is 0. The second-order valence-corrected chi connectivity index (χ2v) is 9.40. The van der Waals surface area contributed by atoms with Crippen molar-refractivity contribution >= 4 is 21.4 Å². The van der Waals surface area contributed by atoms with Crippen LogP contribution in [0.1, 0.15) is 32.6 Å². The fourth-order valence-electron chi connectivity index (χ4n) is 3.43. The molecule has 0 atom stereocenters. The minimum atomic E-state index is -3.79. The van der Waals surface area contributed by atoms with Crippen molar-refractivity contribution in [3.05, 3.63) is 28.3 Å². The average molecular weight is 399 g/mol. The zero-order chi connectivity index (χ0) is 20.2. The Labute approximate surface area is 161 Å². The van der Waals surface area contributed by atoms with Gasteiger partial charge >= 0.3 is 0 Å². The van der Waals surface area contributed by atoms with Gasteiger partial charge in [0, 0.05) is 32.2 Å². The second kappa shape index (κ2) is 8.99. The smallest absolute Gasteiger partial charge is 0.293 e. The van der Waals surface area contributed by atoms with E-state index >= 15 is 0 Å². The molecule has 0 unspecified atom stereocenters. The van der Waals surface area contributed by atoms with E-state index in [4.69, 9.17) is 0 Å². The van der Waals surface area contributed by atoms with Crippen molar-refractivity contribution in [3.8, 4) is 0 Å². The summed E-state index contributed by atoms with van der Waals surface area (Å²) < 4.78 is 27.4. The first-order chi connectivity index (χ1) is 12.6. The Balaban J connectivity index is 2.24. The molecular weight excluding hydrogens is 368 g/mol. The Morgan fingerprint density at radius 2 is 1.81 bits per heavy atom. The van der Waals surface area contributed by atoms with Crippen molar-refractivity contribution in [1.82, 2.24) is 9.62 Å². The number of hydrogen-bond donors (Lipinski definition) is 1. The number of likely N-dealkylation sites (N-methyl/N-ethyl adjacent to an activating group) is 1. The Bertz CT molecular complexity index is 759. The molecule has 8 nitrogen and oxygen atoms in total. The van der Waals surface area contributed by atoms with Crippen molar-refractivity contribution in [2.75, 3.05) is 39.1 Å². The van der Waals surface area contributed by atoms with Gasteiger partial charge in [0.05, 0.1) is 9.82 Å². The molecule has 0 radical (unpaired) electrons. The van der Waals surface area contributed by atoms with Crippen molar-refractivity contribution in [3.63, 3.8) is 0 Å². The van der Waals surface area contributed by atoms with Gasteiger partial charge in [-0.3, -0.25) is 10.1 Å². The highest BCUT2D eigenvalue weighted by molar-refractivity contribution is 7.89. The molecule has 0 spiro atoms. The molecule has 0 heterocycles. The monoisotopic (exact) mass is 398 g/mol. The van der Waals surface area contributed by atoms with Gasteiger partial charge in [0.2, 0.25) is 10.0 Å². The molecule has 1 aromatic rings. The van der Waals surface area contributed by atoms with Gasteiger partial charge in [-0.25, -0.2) is 13.1 Å². The van der Waals surface area contributed by atoms with E-state index in [2.05, 4.69) is 11.6 Å². The molecular formula is C18H30N4O4S. The lowest BCUT2D eigenvalue weighted by Crippen LogP contribution is -2.35. The van der Waals surface area contributed by atoms with Crippen molar-refractivity contribution in [2.45, 2.75) is 43.5 Å². The van der Waals surface area contributed by atoms with E-state index in [1.807, 2.05) is 30.9 Å². The zero-order valence-corrected chi connectivity index (χ0v) is 17.3. The second-order valence-electron chi connectivity index (χ2n) is 7.63. The number of nitrogens with zero attached hydrogens (tertiary/aromatic N) is 3. The van der Waals surface area contributed by atoms with E-state index in [0.29, 0.717) is 18.2 Å². The summed E-state index contributed by atoms with van der Waals surface area (Å²) in [5, 5.41) is 11.6. The topological polar surface area (TPSA) is 95.8 Å². The number of nitrogens with one attached hydrogen (secondary N) is 1. The van der Waals surface area contributed by atoms with Crippen LogP contribution < -0.4 is 9.62 Å². The Morgan fingerprint density at radius 1 is 1.19 bits per heavy atom. The lowest BCUT2D eigenvalue weighted by molar-refractivity contribution is -0.384. The summed E-state index contributed by atoms with van der Waals surface area (Å²) in [7, 11) is 1.75. The highest BCUT2D eigenvalue weighted by atomic mass is 32.2. The molecule has 0 amide bonds. The first kappa shape index (κ1) is 21.6. The predicted octanol–water partition coefficient (Wildman–Crippen LogP) is 2.45. The van der Waals surface area contributed by atoms with Crippen molar-refractivity contribution < 1.29 is 13.3 Å². The lowest BCUT2D eigenvalue weighted by atomic mass is 9.86. The van der Waals surface area contributed by atoms with Crippen LogP contribution in [-0.2, 0) is 10.0 Å². The average Bonchev–Trinajstić information content (AvgIpc) is 2.60. The van der Waals surface area contributed by atoms with E-state index in [9.17, 15) is 18.5 Å². The minimum absolute atomic E-state index is 0.0811. The molecule has 9 heteroatoms. The third-order valence-corrected chi connectivity index (χ3v) is 6.68. The third-order valence-electron chi connectivity index (χ3n) is 5.22. The van der Waals surface area contributed by atoms with Crippen LogP contribution in [0.25, 0.3) is 0 Å². The normalized spacial score (nSPS) is 20.6. The predicted molar refractivity (Wildman–Crippen MR) is 107 cm³/mol. The quantitative estimate of drug-likeness (QED) is 0.534. The van der Waals surface area contributed by atoms with E-state index in [0.717, 1.165) is 31.7 Å². The van der Waals surface area contributed by atoms with E-state index < -0.39 is 14.9 Å². The van der Waals surface area contributed by atoms with Crippen LogP contribution in [0.4, 0.5) is 11.4 Å². The number of sulfonamides is 1. The van der Waals surface area contributed by atoms with E-state index in [1.165, 1.54) is 6.07 Å². The number of nitro groups is 1. The van der Waals surface area contributed by atoms with Gasteiger partial charge in [0.25, 0.3) is 5.69 Å². The first-order valence-electron chi connectivity index (χ1n) is 9.27. The van der Waals surface area contributed by atoms with Gasteiger partial charge in [-0.2, -0.15) is 0 Å². The van der Waals surface area contributed by atoms with Gasteiger partial charge in [-0.15, -0.1) is 0 Å². The van der Waals surface area contributed by atoms with Crippen LogP contribution >= 0.6 is 0 Å². The molecule has 1 fully saturated rings. The molecule has 152 valence electrons. The Kier molecular flexibility index (Phi) is 7.19. The van der Waals surface area contributed by atoms with Crippen LogP contribution in [0.3, 0.4) is 0 Å². The van der Waals surface area contributed by atoms with Crippen molar-refractivity contribution in [1.29, 1.82) is 0 Å². The summed E-state index contributed by atoms with van der Waals surface area (Å²) in [5.74, 6) is 0.686. The Hall–Kier alpha value is -1.71. The number of benzene rings is 1. The molecule has 2 rings (SSSR count). The van der Waals surface area contributed by atoms with Crippen LogP contribution in [0.2, 0.25) is 0 Å². The molecule has 0 aromatic heterocycles. The van der Waals surface area contributed by atoms with Gasteiger partial charge in [-0.1, -0.05) is 6.92 Å². The van der Waals surface area contributed by atoms with Gasteiger partial charge < -0.3 is 9.80 Å². The number of anilines is 1. The van der Waals surface area contributed by atoms with Crippen molar-refractivity contribution in [2.24, 2.45) is 5.92 Å². The zero-order valence-electron chi connectivity index (χ0n) is 16.5. The van der Waals surface area contributed by atoms with Crippen LogP contribution in [0, 0.1) is 16.0 Å². The van der Waals surface area contributed by atoms with E-state index in [1.54, 1.807) is 6.07 Å². The van der Waals surface area contributed by atoms with Crippen LogP contribution in [0.15, 0.2) is 23.1 Å². The number of rotatable bonds is 8. The largest absolute Gasteiger partial charge is 0.366 e. The SMILES string of the molecule is CC1CCC(N(C)c2ccc(S(=O)(=O)NCCN(C)C)cc2[N+](=O)[O-])CC1. The minimum Gasteiger partial charge on any atom is -0.366 e.